The van der Waals surface area contributed by atoms with Crippen LogP contribution in [-0.2, 0) is 11.6 Å². The molecule has 0 spiro atoms. The molecular weight excluding hydrogens is 343 g/mol. The standard InChI is InChI=1S/C22H33B2F3/c1-7-10-12-20(4,5)16-13-15(22(25,26)27)14-17(23)18(16)19(24)21(6,9-3)11-8-2/h13-14,19H,7-12H2,1-6H3. The Kier molecular flexibility index (Phi) is 8.14. The van der Waals surface area contributed by atoms with Gasteiger partial charge in [-0.2, -0.15) is 13.2 Å². The predicted octanol–water partition coefficient (Wildman–Crippen LogP) is 6.39. The van der Waals surface area contributed by atoms with Gasteiger partial charge in [0.15, 0.2) is 0 Å². The molecule has 4 radical (unpaired) electrons. The lowest BCUT2D eigenvalue weighted by molar-refractivity contribution is -0.137. The minimum absolute atomic E-state index is 0.160. The van der Waals surface area contributed by atoms with Crippen molar-refractivity contribution in [2.75, 3.05) is 0 Å². The molecule has 2 unspecified atom stereocenters. The van der Waals surface area contributed by atoms with E-state index >= 15 is 0 Å². The van der Waals surface area contributed by atoms with Gasteiger partial charge in [0, 0.05) is 0 Å². The number of alkyl halides is 3. The molecule has 0 saturated carbocycles. The highest BCUT2D eigenvalue weighted by atomic mass is 19.4. The Hall–Kier alpha value is -0.860. The maximum absolute atomic E-state index is 13.5. The molecule has 0 amide bonds. The summed E-state index contributed by atoms with van der Waals surface area (Å²) in [5.41, 5.74) is 0.169. The first kappa shape index (κ1) is 24.2. The molecule has 0 aliphatic heterocycles. The molecule has 148 valence electrons. The Morgan fingerprint density at radius 1 is 0.963 bits per heavy atom. The molecule has 0 fully saturated rings. The number of hydrogen-bond acceptors (Lipinski definition) is 0. The molecule has 5 heteroatoms. The average molecular weight is 376 g/mol. The van der Waals surface area contributed by atoms with E-state index in [1.54, 1.807) is 0 Å². The van der Waals surface area contributed by atoms with Gasteiger partial charge in [0.05, 0.1) is 13.4 Å². The van der Waals surface area contributed by atoms with Crippen molar-refractivity contribution >= 4 is 21.2 Å². The van der Waals surface area contributed by atoms with Crippen molar-refractivity contribution in [2.24, 2.45) is 5.41 Å². The van der Waals surface area contributed by atoms with Crippen LogP contribution in [0.3, 0.4) is 0 Å². The molecular formula is C22H33B2F3. The second kappa shape index (κ2) is 9.09. The van der Waals surface area contributed by atoms with Crippen molar-refractivity contribution < 1.29 is 13.2 Å². The Morgan fingerprint density at radius 2 is 1.56 bits per heavy atom. The Balaban J connectivity index is 3.67. The van der Waals surface area contributed by atoms with Gasteiger partial charge in [-0.25, -0.2) is 0 Å². The average Bonchev–Trinajstić information content (AvgIpc) is 2.58. The Labute approximate surface area is 166 Å². The van der Waals surface area contributed by atoms with Gasteiger partial charge >= 0.3 is 6.18 Å². The lowest BCUT2D eigenvalue weighted by Crippen LogP contribution is -2.34. The molecule has 0 nitrogen and oxygen atoms in total. The summed E-state index contributed by atoms with van der Waals surface area (Å²) < 4.78 is 40.4. The summed E-state index contributed by atoms with van der Waals surface area (Å²) in [7, 11) is 12.9. The molecule has 0 aliphatic rings. The van der Waals surface area contributed by atoms with Crippen LogP contribution in [0.1, 0.15) is 103 Å². The summed E-state index contributed by atoms with van der Waals surface area (Å²) in [6.45, 7) is 12.4. The lowest BCUT2D eigenvalue weighted by atomic mass is 9.55. The SMILES string of the molecule is [B]c1cc(C(F)(F)F)cc(C(C)(C)CCCC)c1C([B])C(C)(CC)CCC. The van der Waals surface area contributed by atoms with Gasteiger partial charge in [0.1, 0.15) is 7.85 Å². The zero-order valence-corrected chi connectivity index (χ0v) is 17.8. The minimum Gasteiger partial charge on any atom is -0.166 e. The van der Waals surface area contributed by atoms with E-state index in [0.717, 1.165) is 44.6 Å². The van der Waals surface area contributed by atoms with E-state index in [9.17, 15) is 13.2 Å². The molecule has 0 N–H and O–H groups in total. The first-order chi connectivity index (χ1) is 12.3. The van der Waals surface area contributed by atoms with Crippen molar-refractivity contribution in [1.29, 1.82) is 0 Å². The number of halogens is 3. The molecule has 1 aromatic carbocycles. The van der Waals surface area contributed by atoms with Gasteiger partial charge in [-0.3, -0.25) is 0 Å². The lowest BCUT2D eigenvalue weighted by Gasteiger charge is -2.41. The largest absolute Gasteiger partial charge is 0.416 e. The predicted molar refractivity (Wildman–Crippen MR) is 111 cm³/mol. The topological polar surface area (TPSA) is 0 Å². The van der Waals surface area contributed by atoms with E-state index in [1.807, 2.05) is 13.8 Å². The first-order valence-electron chi connectivity index (χ1n) is 10.1. The molecule has 0 saturated heterocycles. The van der Waals surface area contributed by atoms with Gasteiger partial charge < -0.3 is 0 Å². The van der Waals surface area contributed by atoms with Gasteiger partial charge in [0.2, 0.25) is 0 Å². The normalized spacial score (nSPS) is 16.2. The van der Waals surface area contributed by atoms with E-state index in [1.165, 1.54) is 6.07 Å². The van der Waals surface area contributed by atoms with Crippen molar-refractivity contribution in [3.05, 3.63) is 28.8 Å². The fraction of sp³-hybridized carbons (Fsp3) is 0.727. The maximum Gasteiger partial charge on any atom is 0.416 e. The smallest absolute Gasteiger partial charge is 0.166 e. The van der Waals surface area contributed by atoms with Crippen LogP contribution < -0.4 is 5.46 Å². The molecule has 0 bridgehead atoms. The fourth-order valence-corrected chi connectivity index (χ4v) is 3.97. The van der Waals surface area contributed by atoms with Crippen LogP contribution in [0.2, 0.25) is 0 Å². The fourth-order valence-electron chi connectivity index (χ4n) is 3.97. The van der Waals surface area contributed by atoms with E-state index < -0.39 is 23.0 Å². The van der Waals surface area contributed by atoms with Gasteiger partial charge in [-0.1, -0.05) is 84.3 Å². The highest BCUT2D eigenvalue weighted by Crippen LogP contribution is 2.45. The van der Waals surface area contributed by atoms with Crippen LogP contribution in [0.4, 0.5) is 13.2 Å². The molecule has 0 heterocycles. The van der Waals surface area contributed by atoms with Crippen LogP contribution in [0, 0.1) is 5.41 Å². The third-order valence-corrected chi connectivity index (χ3v) is 6.11. The number of unbranched alkanes of at least 4 members (excludes halogenated alkanes) is 1. The minimum atomic E-state index is -4.43. The summed E-state index contributed by atoms with van der Waals surface area (Å²) in [6.07, 6.45) is 1.01. The third kappa shape index (κ3) is 5.57. The summed E-state index contributed by atoms with van der Waals surface area (Å²) >= 11 is 0. The number of rotatable bonds is 9. The van der Waals surface area contributed by atoms with Crippen LogP contribution in [-0.4, -0.2) is 15.7 Å². The van der Waals surface area contributed by atoms with E-state index in [-0.39, 0.29) is 10.9 Å². The third-order valence-electron chi connectivity index (χ3n) is 6.11. The molecule has 1 aromatic rings. The highest BCUT2D eigenvalue weighted by molar-refractivity contribution is 6.34. The Morgan fingerprint density at radius 3 is 2.00 bits per heavy atom. The van der Waals surface area contributed by atoms with E-state index in [2.05, 4.69) is 27.7 Å². The zero-order chi connectivity index (χ0) is 21.0. The summed E-state index contributed by atoms with van der Waals surface area (Å²) in [5, 5.41) is 0. The Bertz CT molecular complexity index is 623. The van der Waals surface area contributed by atoms with Crippen LogP contribution >= 0.6 is 0 Å². The molecule has 27 heavy (non-hydrogen) atoms. The van der Waals surface area contributed by atoms with E-state index in [0.29, 0.717) is 11.1 Å². The summed E-state index contributed by atoms with van der Waals surface area (Å²) in [6, 6.07) is 2.33. The molecule has 0 aliphatic carbocycles. The summed E-state index contributed by atoms with van der Waals surface area (Å²) in [4.78, 5) is 0. The van der Waals surface area contributed by atoms with Crippen molar-refractivity contribution in [3.8, 4) is 0 Å². The van der Waals surface area contributed by atoms with Gasteiger partial charge in [-0.05, 0) is 41.1 Å². The second-order valence-corrected chi connectivity index (χ2v) is 8.75. The second-order valence-electron chi connectivity index (χ2n) is 8.75. The van der Waals surface area contributed by atoms with Crippen molar-refractivity contribution in [2.45, 2.75) is 97.5 Å². The van der Waals surface area contributed by atoms with Crippen molar-refractivity contribution in [1.82, 2.24) is 0 Å². The van der Waals surface area contributed by atoms with Gasteiger partial charge in [-0.15, -0.1) is 0 Å². The maximum atomic E-state index is 13.5. The highest BCUT2D eigenvalue weighted by Gasteiger charge is 2.38. The molecule has 0 aromatic heterocycles. The van der Waals surface area contributed by atoms with Gasteiger partial charge in [0.25, 0.3) is 0 Å². The van der Waals surface area contributed by atoms with Crippen LogP contribution in [0.5, 0.6) is 0 Å². The van der Waals surface area contributed by atoms with Crippen LogP contribution in [0.15, 0.2) is 12.1 Å². The molecule has 1 rings (SSSR count). The number of hydrogen-bond donors (Lipinski definition) is 0. The van der Waals surface area contributed by atoms with Crippen molar-refractivity contribution in [3.63, 3.8) is 0 Å². The van der Waals surface area contributed by atoms with E-state index in [4.69, 9.17) is 15.7 Å². The zero-order valence-electron chi connectivity index (χ0n) is 17.8. The van der Waals surface area contributed by atoms with Crippen LogP contribution in [0.25, 0.3) is 0 Å². The monoisotopic (exact) mass is 376 g/mol. The summed E-state index contributed by atoms with van der Waals surface area (Å²) in [5.74, 6) is -0.402. The first-order valence-corrected chi connectivity index (χ1v) is 10.1. The number of benzene rings is 1. The molecule has 2 atom stereocenters. The quantitative estimate of drug-likeness (QED) is 0.438.